The molecule has 2 atom stereocenters. The molecule has 0 radical (unpaired) electrons. The Kier molecular flexibility index (Phi) is 5.42. The highest BCUT2D eigenvalue weighted by molar-refractivity contribution is 8.16. The van der Waals surface area contributed by atoms with Crippen LogP contribution in [0.15, 0.2) is 53.5 Å². The molecule has 9 heteroatoms. The smallest absolute Gasteiger partial charge is 0.279 e. The molecule has 2 fully saturated rings. The summed E-state index contributed by atoms with van der Waals surface area (Å²) in [4.78, 5) is 30.7. The third-order valence-electron chi connectivity index (χ3n) is 5.13. The molecule has 4 rings (SSSR count). The minimum atomic E-state index is -3.17. The van der Waals surface area contributed by atoms with Crippen molar-refractivity contribution in [1.82, 2.24) is 0 Å². The van der Waals surface area contributed by atoms with Gasteiger partial charge in [0.25, 0.3) is 5.91 Å². The molecule has 2 aliphatic heterocycles. The summed E-state index contributed by atoms with van der Waals surface area (Å²) in [6, 6.07) is 13.3. The van der Waals surface area contributed by atoms with Crippen molar-refractivity contribution < 1.29 is 22.7 Å². The average Bonchev–Trinajstić information content (AvgIpc) is 3.18. The number of carbonyl (C=O) groups excluding carboxylic acids is 2. The molecule has 2 aromatic rings. The van der Waals surface area contributed by atoms with Crippen LogP contribution in [0.2, 0.25) is 0 Å². The lowest BCUT2D eigenvalue weighted by atomic mass is 10.1. The second kappa shape index (κ2) is 7.88. The van der Waals surface area contributed by atoms with Crippen LogP contribution in [0.3, 0.4) is 0 Å². The van der Waals surface area contributed by atoms with Gasteiger partial charge in [0.2, 0.25) is 0 Å². The fourth-order valence-electron chi connectivity index (χ4n) is 3.63. The number of ether oxygens (including phenoxy) is 1. The second-order valence-corrected chi connectivity index (χ2v) is 10.6. The van der Waals surface area contributed by atoms with Crippen molar-refractivity contribution in [2.24, 2.45) is 4.99 Å². The number of Topliss-reactive ketones (excluding diaryl/α,β-unsaturated/α-hetero) is 1. The first-order valence-electron chi connectivity index (χ1n) is 9.32. The van der Waals surface area contributed by atoms with Crippen molar-refractivity contribution in [2.45, 2.75) is 18.2 Å². The Bertz CT molecular complexity index is 1140. The van der Waals surface area contributed by atoms with Gasteiger partial charge in [-0.25, -0.2) is 8.42 Å². The van der Waals surface area contributed by atoms with Crippen LogP contribution in [0, 0.1) is 0 Å². The van der Waals surface area contributed by atoms with E-state index >= 15 is 0 Å². The van der Waals surface area contributed by atoms with Gasteiger partial charge >= 0.3 is 0 Å². The fourth-order valence-corrected chi connectivity index (χ4v) is 7.54. The summed E-state index contributed by atoms with van der Waals surface area (Å²) in [6.07, 6.45) is 0. The number of rotatable bonds is 4. The summed E-state index contributed by atoms with van der Waals surface area (Å²) in [5.74, 6) is 0.158. The lowest BCUT2D eigenvalue weighted by Crippen LogP contribution is -2.37. The van der Waals surface area contributed by atoms with Gasteiger partial charge < -0.3 is 9.64 Å². The van der Waals surface area contributed by atoms with E-state index in [4.69, 9.17) is 4.74 Å². The number of carbonyl (C=O) groups is 2. The zero-order valence-corrected chi connectivity index (χ0v) is 18.1. The Morgan fingerprint density at radius 2 is 1.83 bits per heavy atom. The maximum absolute atomic E-state index is 12.8. The van der Waals surface area contributed by atoms with Gasteiger partial charge in [-0.3, -0.25) is 9.59 Å². The van der Waals surface area contributed by atoms with Gasteiger partial charge in [0.15, 0.2) is 20.8 Å². The van der Waals surface area contributed by atoms with Crippen LogP contribution in [0.5, 0.6) is 5.75 Å². The predicted octanol–water partition coefficient (Wildman–Crippen LogP) is 2.81. The van der Waals surface area contributed by atoms with Crippen LogP contribution in [0.1, 0.15) is 27.6 Å². The number of methoxy groups -OCH3 is 1. The zero-order chi connectivity index (χ0) is 21.5. The van der Waals surface area contributed by atoms with Crippen molar-refractivity contribution in [3.8, 4) is 5.75 Å². The SMILES string of the molecule is COc1ccc(C(=O)N=C2S[C@@H]3CS(=O)(=O)C[C@@H]3N2c2cccc(C(C)=O)c2)cc1. The number of amidine groups is 1. The highest BCUT2D eigenvalue weighted by atomic mass is 32.2. The van der Waals surface area contributed by atoms with Crippen LogP contribution in [-0.2, 0) is 9.84 Å². The van der Waals surface area contributed by atoms with E-state index in [1.165, 1.54) is 18.7 Å². The number of aliphatic imine (C=N–C) groups is 1. The first kappa shape index (κ1) is 20.6. The Hall–Kier alpha value is -2.65. The number of nitrogens with zero attached hydrogens (tertiary/aromatic N) is 2. The average molecular weight is 445 g/mol. The van der Waals surface area contributed by atoms with Gasteiger partial charge in [-0.15, -0.1) is 0 Å². The summed E-state index contributed by atoms with van der Waals surface area (Å²) in [5, 5.41) is 0.236. The molecule has 156 valence electrons. The molecule has 0 aliphatic carbocycles. The number of fused-ring (bicyclic) bond motifs is 1. The van der Waals surface area contributed by atoms with Crippen LogP contribution in [-0.4, -0.2) is 55.2 Å². The predicted molar refractivity (Wildman–Crippen MR) is 118 cm³/mol. The third kappa shape index (κ3) is 3.99. The van der Waals surface area contributed by atoms with Crippen LogP contribution in [0.4, 0.5) is 5.69 Å². The number of anilines is 1. The van der Waals surface area contributed by atoms with Gasteiger partial charge in [0.1, 0.15) is 5.75 Å². The molecule has 30 heavy (non-hydrogen) atoms. The molecule has 0 aromatic heterocycles. The topological polar surface area (TPSA) is 93.1 Å². The number of hydrogen-bond donors (Lipinski definition) is 0. The fraction of sp³-hybridized carbons (Fsp3) is 0.286. The lowest BCUT2D eigenvalue weighted by Gasteiger charge is -2.24. The van der Waals surface area contributed by atoms with Gasteiger partial charge in [-0.2, -0.15) is 4.99 Å². The molecule has 0 unspecified atom stereocenters. The maximum atomic E-state index is 12.8. The van der Waals surface area contributed by atoms with E-state index in [9.17, 15) is 18.0 Å². The van der Waals surface area contributed by atoms with Gasteiger partial charge in [-0.05, 0) is 43.3 Å². The molecule has 0 N–H and O–H groups in total. The standard InChI is InChI=1S/C21H20N2O5S2/c1-13(24)15-4-3-5-16(10-15)23-18-11-30(26,27)12-19(18)29-21(23)22-20(25)14-6-8-17(28-2)9-7-14/h3-10,18-19H,11-12H2,1-2H3/t18-,19+/m0/s1. The maximum Gasteiger partial charge on any atom is 0.279 e. The number of benzene rings is 2. The second-order valence-electron chi connectivity index (χ2n) is 7.21. The van der Waals surface area contributed by atoms with E-state index in [0.717, 1.165) is 0 Å². The summed E-state index contributed by atoms with van der Waals surface area (Å²) in [6.45, 7) is 1.48. The molecule has 7 nitrogen and oxygen atoms in total. The third-order valence-corrected chi connectivity index (χ3v) is 8.34. The van der Waals surface area contributed by atoms with E-state index in [1.807, 2.05) is 0 Å². The Morgan fingerprint density at radius 1 is 1.10 bits per heavy atom. The minimum Gasteiger partial charge on any atom is -0.497 e. The van der Waals surface area contributed by atoms with E-state index in [1.54, 1.807) is 60.5 Å². The first-order valence-corrected chi connectivity index (χ1v) is 12.0. The normalized spacial score (nSPS) is 23.4. The number of ketones is 1. The van der Waals surface area contributed by atoms with E-state index < -0.39 is 15.7 Å². The van der Waals surface area contributed by atoms with Gasteiger partial charge in [0.05, 0.1) is 24.7 Å². The molecular formula is C21H20N2O5S2. The molecule has 1 amide bonds. The van der Waals surface area contributed by atoms with E-state index in [2.05, 4.69) is 4.99 Å². The van der Waals surface area contributed by atoms with Crippen molar-refractivity contribution >= 4 is 44.1 Å². The summed E-state index contributed by atoms with van der Waals surface area (Å²) >= 11 is 1.30. The zero-order valence-electron chi connectivity index (χ0n) is 16.4. The number of amides is 1. The Balaban J connectivity index is 1.72. The van der Waals surface area contributed by atoms with Crippen molar-refractivity contribution in [2.75, 3.05) is 23.5 Å². The molecule has 2 aliphatic rings. The molecule has 2 aromatic carbocycles. The molecule has 2 saturated heterocycles. The van der Waals surface area contributed by atoms with Crippen molar-refractivity contribution in [3.63, 3.8) is 0 Å². The van der Waals surface area contributed by atoms with Crippen molar-refractivity contribution in [1.29, 1.82) is 0 Å². The van der Waals surface area contributed by atoms with Crippen LogP contribution in [0.25, 0.3) is 0 Å². The Labute approximate surface area is 179 Å². The molecule has 0 saturated carbocycles. The van der Waals surface area contributed by atoms with Crippen molar-refractivity contribution in [3.05, 3.63) is 59.7 Å². The quantitative estimate of drug-likeness (QED) is 0.670. The van der Waals surface area contributed by atoms with E-state index in [0.29, 0.717) is 27.7 Å². The summed E-state index contributed by atoms with van der Waals surface area (Å²) in [7, 11) is -1.62. The molecular weight excluding hydrogens is 424 g/mol. The summed E-state index contributed by atoms with van der Waals surface area (Å²) in [5.41, 5.74) is 1.58. The first-order chi connectivity index (χ1) is 14.3. The van der Waals surface area contributed by atoms with E-state index in [-0.39, 0.29) is 28.6 Å². The monoisotopic (exact) mass is 444 g/mol. The van der Waals surface area contributed by atoms with Gasteiger partial charge in [-0.1, -0.05) is 23.9 Å². The molecule has 0 bridgehead atoms. The largest absolute Gasteiger partial charge is 0.497 e. The number of sulfone groups is 1. The number of thioether (sulfide) groups is 1. The highest BCUT2D eigenvalue weighted by Crippen LogP contribution is 2.41. The highest BCUT2D eigenvalue weighted by Gasteiger charge is 2.49. The van der Waals surface area contributed by atoms with Crippen LogP contribution < -0.4 is 9.64 Å². The number of hydrogen-bond acceptors (Lipinski definition) is 6. The summed E-state index contributed by atoms with van der Waals surface area (Å²) < 4.78 is 29.5. The van der Waals surface area contributed by atoms with Gasteiger partial charge in [0, 0.05) is 22.1 Å². The minimum absolute atomic E-state index is 0.00921. The van der Waals surface area contributed by atoms with Crippen LogP contribution >= 0.6 is 11.8 Å². The Morgan fingerprint density at radius 3 is 2.50 bits per heavy atom. The lowest BCUT2D eigenvalue weighted by molar-refractivity contribution is 0.0998. The molecule has 2 heterocycles. The molecule has 0 spiro atoms.